The van der Waals surface area contributed by atoms with Gasteiger partial charge in [-0.2, -0.15) is 0 Å². The van der Waals surface area contributed by atoms with E-state index in [1.807, 2.05) is 30.3 Å². The summed E-state index contributed by atoms with van der Waals surface area (Å²) in [5, 5.41) is 0. The number of halogens is 1. The molecule has 2 N–H and O–H groups in total. The van der Waals surface area contributed by atoms with Crippen molar-refractivity contribution < 1.29 is 4.74 Å². The zero-order valence-corrected chi connectivity index (χ0v) is 13.0. The fraction of sp³-hybridized carbons (Fsp3) is 0.250. The van der Waals surface area contributed by atoms with E-state index in [1.165, 1.54) is 5.56 Å². The first-order valence-electron chi connectivity index (χ1n) is 6.19. The minimum absolute atomic E-state index is 0.177. The van der Waals surface area contributed by atoms with Crippen LogP contribution in [0.15, 0.2) is 40.9 Å². The van der Waals surface area contributed by atoms with Crippen LogP contribution in [0, 0.1) is 13.8 Å². The molecule has 2 aromatic rings. The molecular formula is C16H18BrNO. The lowest BCUT2D eigenvalue weighted by molar-refractivity contribution is 0.407. The van der Waals surface area contributed by atoms with Crippen molar-refractivity contribution in [1.29, 1.82) is 0 Å². The third-order valence-corrected chi connectivity index (χ3v) is 3.78. The van der Waals surface area contributed by atoms with Gasteiger partial charge in [0.25, 0.3) is 0 Å². The maximum absolute atomic E-state index is 6.40. The van der Waals surface area contributed by atoms with Gasteiger partial charge < -0.3 is 10.5 Å². The van der Waals surface area contributed by atoms with Crippen LogP contribution in [-0.2, 0) is 0 Å². The molecule has 1 unspecified atom stereocenters. The van der Waals surface area contributed by atoms with Gasteiger partial charge in [0.15, 0.2) is 0 Å². The maximum Gasteiger partial charge on any atom is 0.124 e. The molecule has 3 heteroatoms. The summed E-state index contributed by atoms with van der Waals surface area (Å²) >= 11 is 3.44. The Balaban J connectivity index is 2.49. The van der Waals surface area contributed by atoms with Gasteiger partial charge in [-0.15, -0.1) is 0 Å². The smallest absolute Gasteiger partial charge is 0.124 e. The molecule has 0 heterocycles. The highest BCUT2D eigenvalue weighted by molar-refractivity contribution is 9.10. The number of aryl methyl sites for hydroxylation is 2. The van der Waals surface area contributed by atoms with Gasteiger partial charge in [-0.05, 0) is 48.7 Å². The number of benzene rings is 2. The quantitative estimate of drug-likeness (QED) is 0.923. The van der Waals surface area contributed by atoms with Crippen LogP contribution in [0.3, 0.4) is 0 Å². The van der Waals surface area contributed by atoms with Gasteiger partial charge in [-0.25, -0.2) is 0 Å². The van der Waals surface area contributed by atoms with Gasteiger partial charge in [-0.1, -0.05) is 34.1 Å². The monoisotopic (exact) mass is 319 g/mol. The topological polar surface area (TPSA) is 35.2 Å². The second kappa shape index (κ2) is 5.76. The van der Waals surface area contributed by atoms with Gasteiger partial charge in [0.05, 0.1) is 13.2 Å². The molecule has 2 aromatic carbocycles. The standard InChI is InChI=1S/C16H18BrNO/c1-10-8-11(2)15(14(9-10)19-3)16(18)12-4-6-13(17)7-5-12/h4-9,16H,18H2,1-3H3. The summed E-state index contributed by atoms with van der Waals surface area (Å²) in [5.74, 6) is 0.855. The fourth-order valence-electron chi connectivity index (χ4n) is 2.34. The Kier molecular flexibility index (Phi) is 4.27. The fourth-order valence-corrected chi connectivity index (χ4v) is 2.61. The molecule has 1 atom stereocenters. The van der Waals surface area contributed by atoms with Crippen LogP contribution in [0.1, 0.15) is 28.3 Å². The summed E-state index contributed by atoms with van der Waals surface area (Å²) in [4.78, 5) is 0. The Labute approximate surface area is 122 Å². The van der Waals surface area contributed by atoms with Gasteiger partial charge in [0, 0.05) is 10.0 Å². The predicted molar refractivity (Wildman–Crippen MR) is 82.6 cm³/mol. The van der Waals surface area contributed by atoms with Crippen LogP contribution in [0.25, 0.3) is 0 Å². The first-order valence-corrected chi connectivity index (χ1v) is 6.98. The van der Waals surface area contributed by atoms with Crippen LogP contribution >= 0.6 is 15.9 Å². The molecule has 0 aromatic heterocycles. The van der Waals surface area contributed by atoms with Crippen molar-refractivity contribution in [2.75, 3.05) is 7.11 Å². The van der Waals surface area contributed by atoms with E-state index >= 15 is 0 Å². The average Bonchev–Trinajstić information content (AvgIpc) is 2.38. The minimum Gasteiger partial charge on any atom is -0.496 e. The molecule has 0 fully saturated rings. The van der Waals surface area contributed by atoms with Crippen LogP contribution in [0.4, 0.5) is 0 Å². The molecule has 0 saturated carbocycles. The Morgan fingerprint density at radius 3 is 2.32 bits per heavy atom. The molecule has 0 spiro atoms. The second-order valence-electron chi connectivity index (χ2n) is 4.73. The molecule has 0 amide bonds. The highest BCUT2D eigenvalue weighted by Gasteiger charge is 2.17. The molecule has 2 rings (SSSR count). The normalized spacial score (nSPS) is 12.3. The summed E-state index contributed by atoms with van der Waals surface area (Å²) in [6.07, 6.45) is 0. The second-order valence-corrected chi connectivity index (χ2v) is 5.64. The van der Waals surface area contributed by atoms with Gasteiger partial charge >= 0.3 is 0 Å². The van der Waals surface area contributed by atoms with E-state index in [0.717, 1.165) is 26.9 Å². The first kappa shape index (κ1) is 14.1. The van der Waals surface area contributed by atoms with E-state index in [1.54, 1.807) is 7.11 Å². The first-order chi connectivity index (χ1) is 9.02. The van der Waals surface area contributed by atoms with Crippen molar-refractivity contribution >= 4 is 15.9 Å². The Morgan fingerprint density at radius 2 is 1.74 bits per heavy atom. The van der Waals surface area contributed by atoms with Gasteiger partial charge in [-0.3, -0.25) is 0 Å². The van der Waals surface area contributed by atoms with Crippen molar-refractivity contribution in [3.63, 3.8) is 0 Å². The van der Waals surface area contributed by atoms with E-state index in [2.05, 4.69) is 35.8 Å². The van der Waals surface area contributed by atoms with Crippen molar-refractivity contribution in [1.82, 2.24) is 0 Å². The third-order valence-electron chi connectivity index (χ3n) is 3.25. The van der Waals surface area contributed by atoms with E-state index in [-0.39, 0.29) is 6.04 Å². The molecule has 0 aliphatic heterocycles. The number of ether oxygens (including phenoxy) is 1. The molecule has 0 bridgehead atoms. The Hall–Kier alpha value is -1.32. The van der Waals surface area contributed by atoms with Crippen molar-refractivity contribution in [3.8, 4) is 5.75 Å². The molecule has 0 aliphatic rings. The molecule has 0 radical (unpaired) electrons. The van der Waals surface area contributed by atoms with E-state index < -0.39 is 0 Å². The lowest BCUT2D eigenvalue weighted by Crippen LogP contribution is -2.14. The molecule has 0 aliphatic carbocycles. The molecule has 0 saturated heterocycles. The van der Waals surface area contributed by atoms with E-state index in [0.29, 0.717) is 0 Å². The predicted octanol–water partition coefficient (Wildman–Crippen LogP) is 4.12. The third kappa shape index (κ3) is 2.99. The van der Waals surface area contributed by atoms with Crippen molar-refractivity contribution in [3.05, 3.63) is 63.1 Å². The SMILES string of the molecule is COc1cc(C)cc(C)c1C(N)c1ccc(Br)cc1. The Bertz CT molecular complexity index is 578. The lowest BCUT2D eigenvalue weighted by Gasteiger charge is -2.19. The molecule has 100 valence electrons. The largest absolute Gasteiger partial charge is 0.496 e. The van der Waals surface area contributed by atoms with Crippen molar-refractivity contribution in [2.24, 2.45) is 5.73 Å². The van der Waals surface area contributed by atoms with Gasteiger partial charge in [0.1, 0.15) is 5.75 Å². The minimum atomic E-state index is -0.177. The average molecular weight is 320 g/mol. The molecule has 19 heavy (non-hydrogen) atoms. The maximum atomic E-state index is 6.40. The highest BCUT2D eigenvalue weighted by atomic mass is 79.9. The number of methoxy groups -OCH3 is 1. The van der Waals surface area contributed by atoms with Crippen LogP contribution in [0.2, 0.25) is 0 Å². The zero-order chi connectivity index (χ0) is 14.0. The number of nitrogens with two attached hydrogens (primary N) is 1. The number of hydrogen-bond acceptors (Lipinski definition) is 2. The summed E-state index contributed by atoms with van der Waals surface area (Å²) in [5.41, 5.74) is 10.9. The summed E-state index contributed by atoms with van der Waals surface area (Å²) in [7, 11) is 1.69. The molecular weight excluding hydrogens is 302 g/mol. The van der Waals surface area contributed by atoms with Gasteiger partial charge in [0.2, 0.25) is 0 Å². The molecule has 2 nitrogen and oxygen atoms in total. The van der Waals surface area contributed by atoms with Crippen LogP contribution in [0.5, 0.6) is 5.75 Å². The van der Waals surface area contributed by atoms with E-state index in [9.17, 15) is 0 Å². The summed E-state index contributed by atoms with van der Waals surface area (Å²) < 4.78 is 6.54. The highest BCUT2D eigenvalue weighted by Crippen LogP contribution is 2.32. The van der Waals surface area contributed by atoms with Crippen molar-refractivity contribution in [2.45, 2.75) is 19.9 Å². The lowest BCUT2D eigenvalue weighted by atomic mass is 9.93. The van der Waals surface area contributed by atoms with Crippen LogP contribution in [-0.4, -0.2) is 7.11 Å². The summed E-state index contributed by atoms with van der Waals surface area (Å²) in [6.45, 7) is 4.13. The van der Waals surface area contributed by atoms with E-state index in [4.69, 9.17) is 10.5 Å². The number of hydrogen-bond donors (Lipinski definition) is 1. The Morgan fingerprint density at radius 1 is 1.11 bits per heavy atom. The zero-order valence-electron chi connectivity index (χ0n) is 11.4. The number of rotatable bonds is 3. The summed E-state index contributed by atoms with van der Waals surface area (Å²) in [6, 6.07) is 12.1. The van der Waals surface area contributed by atoms with Crippen LogP contribution < -0.4 is 10.5 Å².